The quantitative estimate of drug-likeness (QED) is 0.765. The van der Waals surface area contributed by atoms with Crippen molar-refractivity contribution in [3.8, 4) is 0 Å². The minimum absolute atomic E-state index is 0.0507. The van der Waals surface area contributed by atoms with Gasteiger partial charge < -0.3 is 10.0 Å². The lowest BCUT2D eigenvalue weighted by molar-refractivity contribution is -0.0612. The van der Waals surface area contributed by atoms with Crippen molar-refractivity contribution >= 4 is 16.8 Å². The Morgan fingerprint density at radius 1 is 1.14 bits per heavy atom. The van der Waals surface area contributed by atoms with E-state index < -0.39 is 11.6 Å². The minimum atomic E-state index is -0.676. The fourth-order valence-electron chi connectivity index (χ4n) is 4.34. The summed E-state index contributed by atoms with van der Waals surface area (Å²) in [6, 6.07) is 19.5. The molecule has 2 aromatic carbocycles. The number of carbonyl (C=O) groups excluding carboxylic acids is 1. The van der Waals surface area contributed by atoms with Gasteiger partial charge in [0.2, 0.25) is 0 Å². The molecular formula is C23H25N3O2. The van der Waals surface area contributed by atoms with Crippen LogP contribution >= 0.6 is 0 Å². The van der Waals surface area contributed by atoms with Gasteiger partial charge in [0.15, 0.2) is 0 Å². The number of carbonyl (C=O) groups is 1. The Morgan fingerprint density at radius 3 is 2.64 bits per heavy atom. The molecule has 1 saturated heterocycles. The Labute approximate surface area is 165 Å². The predicted molar refractivity (Wildman–Crippen MR) is 110 cm³/mol. The second-order valence-electron chi connectivity index (χ2n) is 7.61. The monoisotopic (exact) mass is 375 g/mol. The van der Waals surface area contributed by atoms with Crippen LogP contribution in [-0.4, -0.2) is 59.1 Å². The molecule has 1 aliphatic heterocycles. The molecule has 4 rings (SSSR count). The number of pyridine rings is 1. The fourth-order valence-corrected chi connectivity index (χ4v) is 4.34. The highest BCUT2D eigenvalue weighted by atomic mass is 16.3. The van der Waals surface area contributed by atoms with E-state index in [9.17, 15) is 9.90 Å². The van der Waals surface area contributed by atoms with E-state index in [1.807, 2.05) is 62.6 Å². The Morgan fingerprint density at radius 2 is 1.93 bits per heavy atom. The Hall–Kier alpha value is -2.76. The number of hydrogen-bond acceptors (Lipinski definition) is 4. The zero-order chi connectivity index (χ0) is 19.7. The van der Waals surface area contributed by atoms with Crippen molar-refractivity contribution in [3.05, 3.63) is 78.0 Å². The van der Waals surface area contributed by atoms with E-state index in [2.05, 4.69) is 22.0 Å². The highest BCUT2D eigenvalue weighted by Crippen LogP contribution is 2.38. The summed E-state index contributed by atoms with van der Waals surface area (Å²) in [5.74, 6) is -0.0507. The van der Waals surface area contributed by atoms with Crippen LogP contribution in [0.5, 0.6) is 0 Å². The number of rotatable bonds is 3. The summed E-state index contributed by atoms with van der Waals surface area (Å²) in [5.41, 5.74) is 2.08. The average Bonchev–Trinajstić information content (AvgIpc) is 2.73. The third kappa shape index (κ3) is 3.07. The summed E-state index contributed by atoms with van der Waals surface area (Å²) in [6.07, 6.45) is 1.74. The predicted octanol–water partition coefficient (Wildman–Crippen LogP) is 2.90. The molecule has 2 atom stereocenters. The van der Waals surface area contributed by atoms with Gasteiger partial charge in [-0.3, -0.25) is 14.7 Å². The number of amides is 1. The van der Waals surface area contributed by atoms with E-state index in [1.165, 1.54) is 0 Å². The molecule has 0 radical (unpaired) electrons. The Bertz CT molecular complexity index is 989. The number of aromatic nitrogens is 1. The summed E-state index contributed by atoms with van der Waals surface area (Å²) in [5, 5.41) is 12.1. The first-order valence-electron chi connectivity index (χ1n) is 9.57. The molecule has 1 fully saturated rings. The Balaban J connectivity index is 1.59. The van der Waals surface area contributed by atoms with Crippen molar-refractivity contribution < 1.29 is 9.90 Å². The smallest absolute Gasteiger partial charge is 0.253 e. The van der Waals surface area contributed by atoms with E-state index in [4.69, 9.17) is 0 Å². The van der Waals surface area contributed by atoms with Gasteiger partial charge in [-0.2, -0.15) is 0 Å². The number of hydrogen-bond donors (Lipinski definition) is 1. The van der Waals surface area contributed by atoms with Gasteiger partial charge in [0.1, 0.15) is 0 Å². The zero-order valence-corrected chi connectivity index (χ0v) is 16.2. The maximum atomic E-state index is 13.1. The fraction of sp³-hybridized carbons (Fsp3) is 0.304. The maximum Gasteiger partial charge on any atom is 0.253 e. The summed E-state index contributed by atoms with van der Waals surface area (Å²) in [6.45, 7) is 0.894. The second kappa shape index (κ2) is 7.34. The van der Waals surface area contributed by atoms with Gasteiger partial charge in [-0.05, 0) is 50.3 Å². The van der Waals surface area contributed by atoms with Crippen molar-refractivity contribution in [3.63, 3.8) is 0 Å². The molecule has 0 bridgehead atoms. The number of benzene rings is 2. The van der Waals surface area contributed by atoms with Gasteiger partial charge >= 0.3 is 0 Å². The summed E-state index contributed by atoms with van der Waals surface area (Å²) < 4.78 is 0. The lowest BCUT2D eigenvalue weighted by atomic mass is 9.77. The molecule has 1 N–H and O–H groups in total. The highest BCUT2D eigenvalue weighted by molar-refractivity contribution is 5.98. The maximum absolute atomic E-state index is 13.1. The van der Waals surface area contributed by atoms with Crippen molar-refractivity contribution in [1.29, 1.82) is 0 Å². The molecule has 0 saturated carbocycles. The first-order valence-corrected chi connectivity index (χ1v) is 9.57. The lowest BCUT2D eigenvalue weighted by Crippen LogP contribution is -2.60. The molecule has 0 spiro atoms. The van der Waals surface area contributed by atoms with Gasteiger partial charge in [0, 0.05) is 30.2 Å². The average molecular weight is 375 g/mol. The van der Waals surface area contributed by atoms with Crippen LogP contribution in [0.2, 0.25) is 0 Å². The van der Waals surface area contributed by atoms with Crippen LogP contribution in [0.3, 0.4) is 0 Å². The van der Waals surface area contributed by atoms with E-state index >= 15 is 0 Å². The van der Waals surface area contributed by atoms with Gasteiger partial charge in [0.25, 0.3) is 5.91 Å². The number of fused-ring (bicyclic) bond motifs is 1. The normalized spacial score (nSPS) is 22.6. The third-order valence-electron chi connectivity index (χ3n) is 5.92. The molecule has 5 heteroatoms. The van der Waals surface area contributed by atoms with Gasteiger partial charge in [0.05, 0.1) is 17.2 Å². The topological polar surface area (TPSA) is 56.7 Å². The minimum Gasteiger partial charge on any atom is -0.389 e. The van der Waals surface area contributed by atoms with Crippen molar-refractivity contribution in [2.45, 2.75) is 18.1 Å². The van der Waals surface area contributed by atoms with Crippen LogP contribution < -0.4 is 0 Å². The van der Waals surface area contributed by atoms with E-state index in [1.54, 1.807) is 11.1 Å². The Kier molecular flexibility index (Phi) is 4.87. The number of β-amino-alcohol motifs (C(OH)–C–C–N with tert-alkyl or cyclic N) is 1. The molecule has 3 aromatic rings. The first-order chi connectivity index (χ1) is 13.5. The standard InChI is InChI=1S/C23H25N3O2/c1-25(2)23(19-8-4-3-5-9-19)12-14-26(16-21(23)27)22(28)18-10-11-20-17(15-18)7-6-13-24-20/h3-11,13,15,21,27H,12,14,16H2,1-2H3/t21-,23+/m1/s1. The van der Waals surface area contributed by atoms with E-state index in [0.29, 0.717) is 25.1 Å². The molecular weight excluding hydrogens is 350 g/mol. The van der Waals surface area contributed by atoms with Crippen molar-refractivity contribution in [1.82, 2.24) is 14.8 Å². The van der Waals surface area contributed by atoms with E-state index in [0.717, 1.165) is 16.5 Å². The molecule has 1 aromatic heterocycles. The highest BCUT2D eigenvalue weighted by Gasteiger charge is 2.46. The molecule has 1 aliphatic rings. The largest absolute Gasteiger partial charge is 0.389 e. The number of aliphatic hydroxyl groups is 1. The van der Waals surface area contributed by atoms with Crippen LogP contribution in [-0.2, 0) is 5.54 Å². The van der Waals surface area contributed by atoms with Gasteiger partial charge in [-0.1, -0.05) is 36.4 Å². The van der Waals surface area contributed by atoms with Gasteiger partial charge in [-0.15, -0.1) is 0 Å². The van der Waals surface area contributed by atoms with E-state index in [-0.39, 0.29) is 5.91 Å². The number of likely N-dealkylation sites (N-methyl/N-ethyl adjacent to an activating group) is 1. The first kappa shape index (κ1) is 18.6. The van der Waals surface area contributed by atoms with Crippen LogP contribution in [0, 0.1) is 0 Å². The lowest BCUT2D eigenvalue weighted by Gasteiger charge is -2.49. The number of piperidine rings is 1. The molecule has 0 aliphatic carbocycles. The number of likely N-dealkylation sites (tertiary alicyclic amines) is 1. The van der Waals surface area contributed by atoms with Crippen molar-refractivity contribution in [2.24, 2.45) is 0 Å². The number of nitrogens with zero attached hydrogens (tertiary/aromatic N) is 3. The second-order valence-corrected chi connectivity index (χ2v) is 7.61. The van der Waals surface area contributed by atoms with Crippen LogP contribution in [0.25, 0.3) is 10.9 Å². The summed E-state index contributed by atoms with van der Waals surface area (Å²) in [7, 11) is 3.98. The molecule has 5 nitrogen and oxygen atoms in total. The summed E-state index contributed by atoms with van der Waals surface area (Å²) >= 11 is 0. The van der Waals surface area contributed by atoms with Crippen LogP contribution in [0.1, 0.15) is 22.3 Å². The summed E-state index contributed by atoms with van der Waals surface area (Å²) in [4.78, 5) is 21.2. The van der Waals surface area contributed by atoms with Crippen LogP contribution in [0.15, 0.2) is 66.9 Å². The SMILES string of the molecule is CN(C)[C@]1(c2ccccc2)CCN(C(=O)c2ccc3ncccc3c2)C[C@H]1O. The number of aliphatic hydroxyl groups excluding tert-OH is 1. The van der Waals surface area contributed by atoms with Crippen LogP contribution in [0.4, 0.5) is 0 Å². The molecule has 28 heavy (non-hydrogen) atoms. The zero-order valence-electron chi connectivity index (χ0n) is 16.2. The van der Waals surface area contributed by atoms with Gasteiger partial charge in [-0.25, -0.2) is 0 Å². The molecule has 2 heterocycles. The molecule has 0 unspecified atom stereocenters. The third-order valence-corrected chi connectivity index (χ3v) is 5.92. The molecule has 144 valence electrons. The van der Waals surface area contributed by atoms with Crippen molar-refractivity contribution in [2.75, 3.05) is 27.2 Å². The molecule has 1 amide bonds.